The molecule has 0 bridgehead atoms. The van der Waals surface area contributed by atoms with E-state index in [1.54, 1.807) is 6.92 Å². The van der Waals surface area contributed by atoms with Crippen molar-refractivity contribution in [3.05, 3.63) is 0 Å². The lowest BCUT2D eigenvalue weighted by atomic mass is 9.39. The summed E-state index contributed by atoms with van der Waals surface area (Å²) >= 11 is 0. The maximum Gasteiger partial charge on any atom is 0.303 e. The Kier molecular flexibility index (Phi) is 6.60. The minimum absolute atomic E-state index is 0.00411. The van der Waals surface area contributed by atoms with Crippen molar-refractivity contribution in [1.29, 1.82) is 0 Å². The molecule has 192 valence electrons. The molecule has 0 heterocycles. The number of rotatable bonds is 6. The Morgan fingerprint density at radius 2 is 1.71 bits per heavy atom. The molecule has 6 nitrogen and oxygen atoms in total. The Balaban J connectivity index is 1.71. The van der Waals surface area contributed by atoms with E-state index in [0.29, 0.717) is 19.3 Å². The first-order valence-corrected chi connectivity index (χ1v) is 13.4. The van der Waals surface area contributed by atoms with E-state index >= 15 is 0 Å². The summed E-state index contributed by atoms with van der Waals surface area (Å²) in [7, 11) is 0. The van der Waals surface area contributed by atoms with Gasteiger partial charge in [-0.2, -0.15) is 0 Å². The lowest BCUT2D eigenvalue weighted by Crippen LogP contribution is -2.68. The number of carbonyl (C=O) groups is 3. The van der Waals surface area contributed by atoms with E-state index in [-0.39, 0.29) is 64.8 Å². The van der Waals surface area contributed by atoms with Crippen molar-refractivity contribution in [2.24, 2.45) is 52.3 Å². The molecular weight excluding hydrogens is 432 g/mol. The van der Waals surface area contributed by atoms with Crippen LogP contribution in [0, 0.1) is 52.3 Å². The van der Waals surface area contributed by atoms with Crippen LogP contribution in [0.25, 0.3) is 0 Å². The summed E-state index contributed by atoms with van der Waals surface area (Å²) < 4.78 is 0. The van der Waals surface area contributed by atoms with Crippen LogP contribution in [0.15, 0.2) is 0 Å². The fraction of sp³-hybridized carbons (Fsp3) is 0.893. The van der Waals surface area contributed by atoms with Gasteiger partial charge in [-0.25, -0.2) is 0 Å². The van der Waals surface area contributed by atoms with Gasteiger partial charge in [0, 0.05) is 18.3 Å². The van der Waals surface area contributed by atoms with E-state index in [0.717, 1.165) is 32.1 Å². The summed E-state index contributed by atoms with van der Waals surface area (Å²) in [6, 6.07) is 0. The monoisotopic (exact) mass is 476 g/mol. The second-order valence-corrected chi connectivity index (χ2v) is 12.9. The van der Waals surface area contributed by atoms with Crippen LogP contribution in [0.1, 0.15) is 92.4 Å². The summed E-state index contributed by atoms with van der Waals surface area (Å²) in [5.41, 5.74) is -1.98. The number of hydrogen-bond donors (Lipinski definition) is 3. The largest absolute Gasteiger partial charge is 0.481 e. The molecule has 34 heavy (non-hydrogen) atoms. The lowest BCUT2D eigenvalue weighted by molar-refractivity contribution is -0.234. The average molecular weight is 477 g/mol. The van der Waals surface area contributed by atoms with Gasteiger partial charge in [-0.05, 0) is 106 Å². The maximum atomic E-state index is 13.1. The van der Waals surface area contributed by atoms with Gasteiger partial charge in [0.05, 0.1) is 6.10 Å². The highest BCUT2D eigenvalue weighted by atomic mass is 16.4. The van der Waals surface area contributed by atoms with Crippen molar-refractivity contribution in [1.82, 2.24) is 0 Å². The van der Waals surface area contributed by atoms with E-state index in [1.807, 2.05) is 0 Å². The molecule has 6 heteroatoms. The normalized spacial score (nSPS) is 48.9. The third-order valence-electron chi connectivity index (χ3n) is 11.6. The van der Waals surface area contributed by atoms with Crippen molar-refractivity contribution in [2.45, 2.75) is 104 Å². The van der Waals surface area contributed by atoms with Gasteiger partial charge in [0.25, 0.3) is 0 Å². The minimum atomic E-state index is -1.43. The summed E-state index contributed by atoms with van der Waals surface area (Å²) in [5.74, 6) is -0.520. The molecule has 0 saturated heterocycles. The maximum absolute atomic E-state index is 13.1. The Morgan fingerprint density at radius 3 is 2.29 bits per heavy atom. The van der Waals surface area contributed by atoms with Gasteiger partial charge in [0.15, 0.2) is 5.78 Å². The first kappa shape index (κ1) is 25.8. The van der Waals surface area contributed by atoms with Crippen molar-refractivity contribution < 1.29 is 29.7 Å². The molecule has 3 N–H and O–H groups in total. The van der Waals surface area contributed by atoms with E-state index in [2.05, 4.69) is 20.8 Å². The van der Waals surface area contributed by atoms with Gasteiger partial charge in [-0.15, -0.1) is 0 Å². The van der Waals surface area contributed by atoms with Crippen LogP contribution < -0.4 is 0 Å². The fourth-order valence-corrected chi connectivity index (χ4v) is 9.52. The van der Waals surface area contributed by atoms with Crippen LogP contribution in [0.5, 0.6) is 0 Å². The van der Waals surface area contributed by atoms with Crippen LogP contribution in [-0.4, -0.2) is 44.6 Å². The summed E-state index contributed by atoms with van der Waals surface area (Å²) in [5, 5.41) is 33.0. The Labute approximate surface area is 203 Å². The zero-order chi connectivity index (χ0) is 25.2. The summed E-state index contributed by atoms with van der Waals surface area (Å²) in [4.78, 5) is 36.5. The molecule has 11 atom stereocenters. The van der Waals surface area contributed by atoms with Gasteiger partial charge in [-0.3, -0.25) is 14.4 Å². The highest BCUT2D eigenvalue weighted by Gasteiger charge is 2.70. The molecule has 0 amide bonds. The molecular formula is C28H44O6. The van der Waals surface area contributed by atoms with Crippen molar-refractivity contribution >= 4 is 17.5 Å². The highest BCUT2D eigenvalue weighted by molar-refractivity contribution is 5.85. The molecule has 4 aliphatic carbocycles. The number of carboxylic acids is 1. The lowest BCUT2D eigenvalue weighted by Gasteiger charge is -2.66. The van der Waals surface area contributed by atoms with Crippen molar-refractivity contribution in [2.75, 3.05) is 0 Å². The Bertz CT molecular complexity index is 854. The summed E-state index contributed by atoms with van der Waals surface area (Å²) in [6.45, 7) is 9.67. The van der Waals surface area contributed by atoms with Gasteiger partial charge in [-0.1, -0.05) is 20.8 Å². The molecule has 11 unspecified atom stereocenters. The number of carbonyl (C=O) groups excluding carboxylic acids is 2. The zero-order valence-electron chi connectivity index (χ0n) is 21.5. The van der Waals surface area contributed by atoms with Crippen LogP contribution in [0.3, 0.4) is 0 Å². The quantitative estimate of drug-likeness (QED) is 0.528. The topological polar surface area (TPSA) is 112 Å². The first-order chi connectivity index (χ1) is 15.8. The number of aliphatic carboxylic acids is 1. The smallest absolute Gasteiger partial charge is 0.303 e. The fourth-order valence-electron chi connectivity index (χ4n) is 9.52. The summed E-state index contributed by atoms with van der Waals surface area (Å²) in [6.07, 6.45) is 5.32. The number of ketones is 2. The average Bonchev–Trinajstić information content (AvgIpc) is 3.11. The number of aliphatic hydroxyl groups excluding tert-OH is 1. The number of fused-ring (bicyclic) bond motifs is 5. The number of hydrogen-bond acceptors (Lipinski definition) is 5. The van der Waals surface area contributed by atoms with E-state index < -0.39 is 23.1 Å². The molecule has 0 radical (unpaired) electrons. The van der Waals surface area contributed by atoms with Crippen LogP contribution in [-0.2, 0) is 14.4 Å². The first-order valence-electron chi connectivity index (χ1n) is 13.4. The molecule has 4 saturated carbocycles. The molecule has 4 aliphatic rings. The Hall–Kier alpha value is -1.27. The van der Waals surface area contributed by atoms with Crippen molar-refractivity contribution in [3.8, 4) is 0 Å². The number of aliphatic hydroxyl groups is 2. The highest BCUT2D eigenvalue weighted by Crippen LogP contribution is 2.70. The number of carboxylic acid groups (broad SMARTS) is 1. The standard InChI is InChI=1S/C28H44O6/c1-15(6-9-24(32)33)20-7-8-21-25-22(13-23(31)27(20,21)5)26(4)11-10-18(16(2)29)12-19(26)14-28(25,34)17(3)30/h15,18-23,25,31,34H,6-14H2,1-5H3,(H,32,33). The van der Waals surface area contributed by atoms with Gasteiger partial charge in [0.1, 0.15) is 11.4 Å². The van der Waals surface area contributed by atoms with E-state index in [4.69, 9.17) is 0 Å². The van der Waals surface area contributed by atoms with Gasteiger partial charge in [0.2, 0.25) is 0 Å². The SMILES string of the molecule is CC(=O)C1CCC2(C)C(C1)CC(O)(C(C)=O)C1C2CC(O)C2(C)C(C(C)CCC(=O)O)CCC12. The van der Waals surface area contributed by atoms with Gasteiger partial charge >= 0.3 is 5.97 Å². The minimum Gasteiger partial charge on any atom is -0.481 e. The third-order valence-corrected chi connectivity index (χ3v) is 11.6. The molecule has 0 aromatic heterocycles. The van der Waals surface area contributed by atoms with Crippen LogP contribution in [0.2, 0.25) is 0 Å². The number of Topliss-reactive ketones (excluding diaryl/α,β-unsaturated/α-hetero) is 2. The second kappa shape index (κ2) is 8.69. The molecule has 0 spiro atoms. The van der Waals surface area contributed by atoms with Gasteiger partial charge < -0.3 is 15.3 Å². The van der Waals surface area contributed by atoms with Crippen LogP contribution >= 0.6 is 0 Å². The van der Waals surface area contributed by atoms with E-state index in [9.17, 15) is 29.7 Å². The molecule has 4 fully saturated rings. The Morgan fingerprint density at radius 1 is 1.03 bits per heavy atom. The second-order valence-electron chi connectivity index (χ2n) is 12.9. The molecule has 0 aliphatic heterocycles. The predicted octanol–water partition coefficient (Wildman–Crippen LogP) is 4.25. The zero-order valence-corrected chi connectivity index (χ0v) is 21.5. The third kappa shape index (κ3) is 3.70. The van der Waals surface area contributed by atoms with E-state index in [1.165, 1.54) is 6.92 Å². The molecule has 0 aromatic rings. The van der Waals surface area contributed by atoms with Crippen LogP contribution in [0.4, 0.5) is 0 Å². The van der Waals surface area contributed by atoms with Crippen molar-refractivity contribution in [3.63, 3.8) is 0 Å². The predicted molar refractivity (Wildman–Crippen MR) is 128 cm³/mol. The molecule has 4 rings (SSSR count). The molecule has 0 aromatic carbocycles.